The van der Waals surface area contributed by atoms with Crippen molar-refractivity contribution in [2.24, 2.45) is 0 Å². The van der Waals surface area contributed by atoms with Gasteiger partial charge < -0.3 is 21.7 Å². The molecule has 0 aliphatic carbocycles. The molecule has 3 nitrogen and oxygen atoms in total. The number of rotatable bonds is 4. The number of hydrogen-bond acceptors (Lipinski definition) is 1. The lowest BCUT2D eigenvalue weighted by Gasteiger charge is -2.07. The molecular formula is C17H21BrN2O. The summed E-state index contributed by atoms with van der Waals surface area (Å²) in [4.78, 5) is 0. The molecule has 1 aromatic heterocycles. The lowest BCUT2D eigenvalue weighted by molar-refractivity contribution is -0.701. The van der Waals surface area contributed by atoms with Crippen LogP contribution < -0.4 is 26.3 Å². The molecule has 112 valence electrons. The Morgan fingerprint density at radius 1 is 1.43 bits per heavy atom. The monoisotopic (exact) mass is 348 g/mol. The molecule has 2 aromatic rings. The third-order valence-electron chi connectivity index (χ3n) is 3.80. The lowest BCUT2D eigenvalue weighted by Crippen LogP contribution is -3.00. The Morgan fingerprint density at radius 3 is 3.00 bits per heavy atom. The number of aryl methyl sites for hydroxylation is 2. The molecule has 1 atom stereocenters. The Labute approximate surface area is 136 Å². The standard InChI is InChI=1S/C17H21N2O.BrH/c1-4-5-18-6-7-19(12-18)11-15-10-16-14(3)8-13(2)9-17(16)20-15;/h4,6-9,12,15H,1,5,10-11H2,2-3H3;1H/q+1;/p-1. The Kier molecular flexibility index (Phi) is 4.88. The first-order valence-corrected chi connectivity index (χ1v) is 7.08. The van der Waals surface area contributed by atoms with Crippen LogP contribution >= 0.6 is 0 Å². The summed E-state index contributed by atoms with van der Waals surface area (Å²) in [5.74, 6) is 1.07. The normalized spacial score (nSPS) is 16.0. The predicted molar refractivity (Wildman–Crippen MR) is 78.9 cm³/mol. The van der Waals surface area contributed by atoms with Crippen LogP contribution in [0.4, 0.5) is 0 Å². The molecule has 0 amide bonds. The topological polar surface area (TPSA) is 18.0 Å². The highest BCUT2D eigenvalue weighted by atomic mass is 79.9. The van der Waals surface area contributed by atoms with Gasteiger partial charge in [0.05, 0.1) is 0 Å². The van der Waals surface area contributed by atoms with Crippen molar-refractivity contribution in [3.05, 3.63) is 60.2 Å². The quantitative estimate of drug-likeness (QED) is 0.542. The highest BCUT2D eigenvalue weighted by molar-refractivity contribution is 5.45. The van der Waals surface area contributed by atoms with Crippen molar-refractivity contribution in [1.82, 2.24) is 4.57 Å². The van der Waals surface area contributed by atoms with Crippen LogP contribution in [0, 0.1) is 13.8 Å². The van der Waals surface area contributed by atoms with Crippen LogP contribution in [-0.2, 0) is 19.5 Å². The average molecular weight is 349 g/mol. The Morgan fingerprint density at radius 2 is 2.24 bits per heavy atom. The van der Waals surface area contributed by atoms with E-state index in [1.54, 1.807) is 0 Å². The van der Waals surface area contributed by atoms with Crippen molar-refractivity contribution < 1.29 is 26.3 Å². The van der Waals surface area contributed by atoms with Crippen molar-refractivity contribution in [1.29, 1.82) is 0 Å². The number of benzene rings is 1. The van der Waals surface area contributed by atoms with E-state index in [4.69, 9.17) is 4.74 Å². The fourth-order valence-electron chi connectivity index (χ4n) is 2.91. The number of imidazole rings is 1. The van der Waals surface area contributed by atoms with Gasteiger partial charge in [-0.05, 0) is 31.0 Å². The van der Waals surface area contributed by atoms with E-state index in [9.17, 15) is 0 Å². The van der Waals surface area contributed by atoms with Crippen LogP contribution in [0.1, 0.15) is 16.7 Å². The Bertz CT molecular complexity index is 648. The van der Waals surface area contributed by atoms with Crippen LogP contribution in [0.2, 0.25) is 0 Å². The molecule has 3 rings (SSSR count). The van der Waals surface area contributed by atoms with Crippen LogP contribution in [0.5, 0.6) is 5.75 Å². The zero-order valence-corrected chi connectivity index (χ0v) is 14.1. The zero-order chi connectivity index (χ0) is 14.1. The van der Waals surface area contributed by atoms with Crippen LogP contribution in [0.3, 0.4) is 0 Å². The third-order valence-corrected chi connectivity index (χ3v) is 3.80. The second-order valence-corrected chi connectivity index (χ2v) is 5.60. The SMILES string of the molecule is C=CCn1cc[n+](CC2Cc3c(C)cc(C)cc3O2)c1.[Br-]. The molecule has 1 aromatic carbocycles. The van der Waals surface area contributed by atoms with Gasteiger partial charge in [0.15, 0.2) is 0 Å². The average Bonchev–Trinajstić information content (AvgIpc) is 2.97. The highest BCUT2D eigenvalue weighted by Crippen LogP contribution is 2.32. The van der Waals surface area contributed by atoms with Gasteiger partial charge in [-0.2, -0.15) is 0 Å². The largest absolute Gasteiger partial charge is 1.00 e. The summed E-state index contributed by atoms with van der Waals surface area (Å²) in [6.07, 6.45) is 9.40. The zero-order valence-electron chi connectivity index (χ0n) is 12.6. The first-order valence-electron chi connectivity index (χ1n) is 7.08. The summed E-state index contributed by atoms with van der Waals surface area (Å²) in [6.45, 7) is 9.78. The van der Waals surface area contributed by atoms with Crippen LogP contribution in [-0.4, -0.2) is 10.7 Å². The maximum atomic E-state index is 6.09. The second-order valence-electron chi connectivity index (χ2n) is 5.60. The molecule has 1 aliphatic heterocycles. The van der Waals surface area contributed by atoms with Crippen molar-refractivity contribution in [3.63, 3.8) is 0 Å². The van der Waals surface area contributed by atoms with Gasteiger partial charge in [-0.25, -0.2) is 9.13 Å². The molecule has 0 fully saturated rings. The van der Waals surface area contributed by atoms with Crippen molar-refractivity contribution in [2.75, 3.05) is 0 Å². The van der Waals surface area contributed by atoms with E-state index in [-0.39, 0.29) is 23.1 Å². The summed E-state index contributed by atoms with van der Waals surface area (Å²) in [6, 6.07) is 4.38. The van der Waals surface area contributed by atoms with Crippen LogP contribution in [0.25, 0.3) is 0 Å². The number of nitrogens with zero attached hydrogens (tertiary/aromatic N) is 2. The number of ether oxygens (including phenoxy) is 1. The van der Waals surface area contributed by atoms with Gasteiger partial charge in [0.1, 0.15) is 37.3 Å². The van der Waals surface area contributed by atoms with E-state index in [2.05, 4.69) is 60.4 Å². The second kappa shape index (κ2) is 6.48. The molecule has 2 heterocycles. The molecule has 1 unspecified atom stereocenters. The molecule has 0 radical (unpaired) electrons. The van der Waals surface area contributed by atoms with Gasteiger partial charge in [0, 0.05) is 12.0 Å². The van der Waals surface area contributed by atoms with Crippen molar-refractivity contribution in [2.45, 2.75) is 39.5 Å². The maximum Gasteiger partial charge on any atom is 0.244 e. The molecule has 0 bridgehead atoms. The van der Waals surface area contributed by atoms with Crippen molar-refractivity contribution in [3.8, 4) is 5.75 Å². The Hall–Kier alpha value is -1.55. The minimum atomic E-state index is 0. The summed E-state index contributed by atoms with van der Waals surface area (Å²) >= 11 is 0. The van der Waals surface area contributed by atoms with Gasteiger partial charge in [0.25, 0.3) is 0 Å². The van der Waals surface area contributed by atoms with Gasteiger partial charge in [0.2, 0.25) is 6.33 Å². The predicted octanol–water partition coefficient (Wildman–Crippen LogP) is -0.414. The van der Waals surface area contributed by atoms with E-state index < -0.39 is 0 Å². The minimum Gasteiger partial charge on any atom is -1.00 e. The molecule has 1 aliphatic rings. The van der Waals surface area contributed by atoms with Gasteiger partial charge in [-0.15, -0.1) is 0 Å². The fourth-order valence-corrected chi connectivity index (χ4v) is 2.91. The molecule has 4 heteroatoms. The van der Waals surface area contributed by atoms with E-state index in [0.717, 1.165) is 25.3 Å². The van der Waals surface area contributed by atoms with Gasteiger partial charge in [-0.3, -0.25) is 0 Å². The first-order chi connectivity index (χ1) is 9.65. The third kappa shape index (κ3) is 3.38. The molecule has 0 N–H and O–H groups in total. The van der Waals surface area contributed by atoms with Crippen molar-refractivity contribution >= 4 is 0 Å². The van der Waals surface area contributed by atoms with E-state index >= 15 is 0 Å². The lowest BCUT2D eigenvalue weighted by atomic mass is 10.0. The fraction of sp³-hybridized carbons (Fsp3) is 0.353. The Balaban J connectivity index is 0.00000161. The van der Waals surface area contributed by atoms with Gasteiger partial charge in [-0.1, -0.05) is 18.7 Å². The van der Waals surface area contributed by atoms with Crippen LogP contribution in [0.15, 0.2) is 43.5 Å². The highest BCUT2D eigenvalue weighted by Gasteiger charge is 2.26. The van der Waals surface area contributed by atoms with E-state index in [1.807, 2.05) is 6.08 Å². The summed E-state index contributed by atoms with van der Waals surface area (Å²) < 4.78 is 10.4. The summed E-state index contributed by atoms with van der Waals surface area (Å²) in [5, 5.41) is 0. The number of aromatic nitrogens is 2. The number of halogens is 1. The molecule has 0 saturated carbocycles. The molecule has 0 spiro atoms. The first kappa shape index (κ1) is 15.8. The van der Waals surface area contributed by atoms with Gasteiger partial charge >= 0.3 is 0 Å². The van der Waals surface area contributed by atoms with E-state index in [1.165, 1.54) is 16.7 Å². The number of fused-ring (bicyclic) bond motifs is 1. The molecular weight excluding hydrogens is 328 g/mol. The molecule has 21 heavy (non-hydrogen) atoms. The number of hydrogen-bond donors (Lipinski definition) is 0. The summed E-state index contributed by atoms with van der Waals surface area (Å²) in [5.41, 5.74) is 3.98. The minimum absolute atomic E-state index is 0. The maximum absolute atomic E-state index is 6.09. The van der Waals surface area contributed by atoms with E-state index in [0.29, 0.717) is 0 Å². The summed E-state index contributed by atoms with van der Waals surface area (Å²) in [7, 11) is 0. The number of allylic oxidation sites excluding steroid dienone is 1. The smallest absolute Gasteiger partial charge is 0.244 e. The molecule has 0 saturated heterocycles.